The van der Waals surface area contributed by atoms with Crippen LogP contribution >= 0.6 is 11.6 Å². The van der Waals surface area contributed by atoms with Gasteiger partial charge in [0.1, 0.15) is 10.7 Å². The van der Waals surface area contributed by atoms with Crippen molar-refractivity contribution in [2.24, 2.45) is 0 Å². The summed E-state index contributed by atoms with van der Waals surface area (Å²) in [6.45, 7) is 0. The number of aromatic amines is 1. The number of halogens is 1. The summed E-state index contributed by atoms with van der Waals surface area (Å²) in [5.41, 5.74) is 0. The first-order valence-electron chi connectivity index (χ1n) is 4.88. The van der Waals surface area contributed by atoms with Gasteiger partial charge in [-0.3, -0.25) is 0 Å². The Balaban J connectivity index is 2.33. The Kier molecular flexibility index (Phi) is 3.39. The molecule has 0 aliphatic carbocycles. The number of nitrogens with zero attached hydrogens (tertiary/aromatic N) is 2. The number of anilines is 2. The first-order chi connectivity index (χ1) is 8.53. The van der Waals surface area contributed by atoms with Gasteiger partial charge in [-0.15, -0.1) is 0 Å². The monoisotopic (exact) mass is 287 g/mol. The fraction of sp³-hybridized carbons (Fsp3) is 0.111. The molecule has 0 aliphatic heterocycles. The van der Waals surface area contributed by atoms with E-state index in [1.165, 1.54) is 24.7 Å². The van der Waals surface area contributed by atoms with Crippen molar-refractivity contribution in [3.05, 3.63) is 29.7 Å². The van der Waals surface area contributed by atoms with E-state index in [1.807, 2.05) is 0 Å². The fourth-order valence-electron chi connectivity index (χ4n) is 1.26. The number of H-pyrrole nitrogens is 1. The van der Waals surface area contributed by atoms with Crippen LogP contribution in [0.2, 0.25) is 5.02 Å². The minimum Gasteiger partial charge on any atom is -0.372 e. The summed E-state index contributed by atoms with van der Waals surface area (Å²) in [4.78, 5) is 10.3. The Hall–Kier alpha value is -1.80. The highest BCUT2D eigenvalue weighted by Crippen LogP contribution is 2.22. The van der Waals surface area contributed by atoms with E-state index in [-0.39, 0.29) is 15.9 Å². The van der Waals surface area contributed by atoms with Crippen molar-refractivity contribution < 1.29 is 8.42 Å². The molecular formula is C9H10ClN5O2S. The number of pyridine rings is 1. The van der Waals surface area contributed by atoms with E-state index in [9.17, 15) is 8.42 Å². The summed E-state index contributed by atoms with van der Waals surface area (Å²) in [5, 5.41) is 2.96. The van der Waals surface area contributed by atoms with Crippen molar-refractivity contribution in [1.82, 2.24) is 15.0 Å². The van der Waals surface area contributed by atoms with E-state index < -0.39 is 10.0 Å². The lowest BCUT2D eigenvalue weighted by molar-refractivity contribution is 0.600. The van der Waals surface area contributed by atoms with E-state index in [4.69, 9.17) is 11.6 Å². The highest BCUT2D eigenvalue weighted by atomic mass is 35.5. The van der Waals surface area contributed by atoms with Crippen molar-refractivity contribution in [2.45, 2.75) is 4.90 Å². The van der Waals surface area contributed by atoms with Gasteiger partial charge < -0.3 is 10.3 Å². The van der Waals surface area contributed by atoms with Crippen molar-refractivity contribution >= 4 is 33.4 Å². The second-order valence-electron chi connectivity index (χ2n) is 3.29. The fourth-order valence-corrected chi connectivity index (χ4v) is 2.53. The number of hydrogen-bond donors (Lipinski definition) is 3. The van der Waals surface area contributed by atoms with Crippen LogP contribution in [0.5, 0.6) is 0 Å². The Morgan fingerprint density at radius 1 is 1.39 bits per heavy atom. The maximum absolute atomic E-state index is 12.0. The van der Waals surface area contributed by atoms with E-state index in [1.54, 1.807) is 7.05 Å². The van der Waals surface area contributed by atoms with Crippen molar-refractivity contribution in [2.75, 3.05) is 17.1 Å². The SMILES string of the molecule is CNc1ncc(S(=O)(=O)Nc2ncc[nH]2)cc1Cl. The molecule has 3 N–H and O–H groups in total. The molecular weight excluding hydrogens is 278 g/mol. The molecule has 2 heterocycles. The lowest BCUT2D eigenvalue weighted by Crippen LogP contribution is -2.14. The summed E-state index contributed by atoms with van der Waals surface area (Å²) >= 11 is 5.88. The highest BCUT2D eigenvalue weighted by Gasteiger charge is 2.17. The Morgan fingerprint density at radius 2 is 2.17 bits per heavy atom. The van der Waals surface area contributed by atoms with Gasteiger partial charge in [0.15, 0.2) is 0 Å². The average molecular weight is 288 g/mol. The van der Waals surface area contributed by atoms with Crippen LogP contribution in [0.1, 0.15) is 0 Å². The third kappa shape index (κ3) is 2.54. The van der Waals surface area contributed by atoms with Gasteiger partial charge in [-0.05, 0) is 6.07 Å². The smallest absolute Gasteiger partial charge is 0.265 e. The normalized spacial score (nSPS) is 11.2. The Morgan fingerprint density at radius 3 is 2.72 bits per heavy atom. The van der Waals surface area contributed by atoms with Crippen LogP contribution in [0.25, 0.3) is 0 Å². The molecule has 0 radical (unpaired) electrons. The minimum absolute atomic E-state index is 0.0390. The molecule has 0 spiro atoms. The quantitative estimate of drug-likeness (QED) is 0.787. The number of rotatable bonds is 4. The first-order valence-corrected chi connectivity index (χ1v) is 6.74. The number of aromatic nitrogens is 3. The van der Waals surface area contributed by atoms with Crippen LogP contribution in [-0.2, 0) is 10.0 Å². The van der Waals surface area contributed by atoms with Crippen LogP contribution in [0.3, 0.4) is 0 Å². The van der Waals surface area contributed by atoms with Gasteiger partial charge in [0, 0.05) is 25.6 Å². The molecule has 0 saturated heterocycles. The van der Waals surface area contributed by atoms with Gasteiger partial charge in [0.05, 0.1) is 5.02 Å². The molecule has 0 unspecified atom stereocenters. The number of imidazole rings is 1. The zero-order valence-electron chi connectivity index (χ0n) is 9.31. The maximum atomic E-state index is 12.0. The summed E-state index contributed by atoms with van der Waals surface area (Å²) in [6.07, 6.45) is 4.16. The van der Waals surface area contributed by atoms with Gasteiger partial charge in [-0.2, -0.15) is 0 Å². The summed E-state index contributed by atoms with van der Waals surface area (Å²) in [5.74, 6) is 0.539. The van der Waals surface area contributed by atoms with Crippen LogP contribution in [0.15, 0.2) is 29.6 Å². The van der Waals surface area contributed by atoms with Crippen LogP contribution in [0.4, 0.5) is 11.8 Å². The average Bonchev–Trinajstić information content (AvgIpc) is 2.81. The standard InChI is InChI=1S/C9H10ClN5O2S/c1-11-8-7(10)4-6(5-14-8)18(16,17)15-9-12-2-3-13-9/h2-5H,1H3,(H,11,14)(H2,12,13,15). The lowest BCUT2D eigenvalue weighted by atomic mass is 10.4. The number of nitrogens with one attached hydrogen (secondary N) is 3. The summed E-state index contributed by atoms with van der Waals surface area (Å²) in [6, 6.07) is 1.31. The number of sulfonamides is 1. The van der Waals surface area contributed by atoms with Crippen LogP contribution in [0, 0.1) is 0 Å². The first kappa shape index (κ1) is 12.7. The Bertz CT molecular complexity index is 641. The lowest BCUT2D eigenvalue weighted by Gasteiger charge is -2.07. The second-order valence-corrected chi connectivity index (χ2v) is 5.38. The molecule has 18 heavy (non-hydrogen) atoms. The summed E-state index contributed by atoms with van der Waals surface area (Å²) in [7, 11) is -2.11. The molecule has 2 aromatic heterocycles. The van der Waals surface area contributed by atoms with E-state index in [0.29, 0.717) is 5.82 Å². The number of hydrogen-bond acceptors (Lipinski definition) is 5. The van der Waals surface area contributed by atoms with Crippen LogP contribution < -0.4 is 10.0 Å². The minimum atomic E-state index is -3.75. The summed E-state index contributed by atoms with van der Waals surface area (Å²) < 4.78 is 26.2. The zero-order chi connectivity index (χ0) is 13.2. The molecule has 0 amide bonds. The highest BCUT2D eigenvalue weighted by molar-refractivity contribution is 7.92. The second kappa shape index (κ2) is 4.83. The molecule has 2 rings (SSSR count). The van der Waals surface area contributed by atoms with E-state index in [2.05, 4.69) is 25.0 Å². The third-order valence-electron chi connectivity index (χ3n) is 2.09. The Labute approximate surface area is 109 Å². The van der Waals surface area contributed by atoms with Gasteiger partial charge in [0.2, 0.25) is 5.95 Å². The van der Waals surface area contributed by atoms with Gasteiger partial charge in [-0.25, -0.2) is 23.1 Å². The molecule has 0 aromatic carbocycles. The van der Waals surface area contributed by atoms with Gasteiger partial charge >= 0.3 is 0 Å². The van der Waals surface area contributed by atoms with Crippen molar-refractivity contribution in [1.29, 1.82) is 0 Å². The molecule has 9 heteroatoms. The molecule has 0 fully saturated rings. The third-order valence-corrected chi connectivity index (χ3v) is 3.69. The molecule has 7 nitrogen and oxygen atoms in total. The molecule has 0 atom stereocenters. The zero-order valence-corrected chi connectivity index (χ0v) is 10.9. The molecule has 2 aromatic rings. The maximum Gasteiger partial charge on any atom is 0.265 e. The van der Waals surface area contributed by atoms with Gasteiger partial charge in [-0.1, -0.05) is 11.6 Å². The van der Waals surface area contributed by atoms with E-state index >= 15 is 0 Å². The molecule has 0 aliphatic rings. The van der Waals surface area contributed by atoms with Gasteiger partial charge in [0.25, 0.3) is 10.0 Å². The molecule has 0 bridgehead atoms. The van der Waals surface area contributed by atoms with Crippen molar-refractivity contribution in [3.8, 4) is 0 Å². The molecule has 96 valence electrons. The predicted molar refractivity (Wildman–Crippen MR) is 68.2 cm³/mol. The largest absolute Gasteiger partial charge is 0.372 e. The van der Waals surface area contributed by atoms with Crippen molar-refractivity contribution in [3.63, 3.8) is 0 Å². The van der Waals surface area contributed by atoms with E-state index in [0.717, 1.165) is 0 Å². The molecule has 0 saturated carbocycles. The predicted octanol–water partition coefficient (Wildman–Crippen LogP) is 1.30. The topological polar surface area (TPSA) is 99.8 Å². The van der Waals surface area contributed by atoms with Crippen LogP contribution in [-0.4, -0.2) is 30.4 Å².